The Morgan fingerprint density at radius 2 is 2.24 bits per heavy atom. The van der Waals surface area contributed by atoms with Crippen LogP contribution in [0.2, 0.25) is 0 Å². The van der Waals surface area contributed by atoms with Gasteiger partial charge in [-0.05, 0) is 6.07 Å². The first-order valence-corrected chi connectivity index (χ1v) is 5.67. The van der Waals surface area contributed by atoms with E-state index in [1.165, 1.54) is 17.6 Å². The van der Waals surface area contributed by atoms with Crippen molar-refractivity contribution in [2.45, 2.75) is 12.7 Å². The summed E-state index contributed by atoms with van der Waals surface area (Å²) in [5.74, 6) is 0. The van der Waals surface area contributed by atoms with Crippen LogP contribution < -0.4 is 5.32 Å². The molecule has 0 aliphatic rings. The van der Waals surface area contributed by atoms with Crippen LogP contribution in [0.4, 0.5) is 13.2 Å². The molecule has 0 spiro atoms. The Balaban J connectivity index is 1.91. The fourth-order valence-corrected chi connectivity index (χ4v) is 2.05. The lowest BCUT2D eigenvalue weighted by Gasteiger charge is -2.06. The molecule has 2 rings (SSSR count). The standard InChI is InChI=1S/C10H9F3N2OS/c11-10(12,13)6-14-3-8-5-17-9(15-8)7-1-2-16-4-7/h1-2,4-5,14H,3,6H2. The van der Waals surface area contributed by atoms with E-state index in [0.717, 1.165) is 10.6 Å². The second kappa shape index (κ2) is 4.89. The van der Waals surface area contributed by atoms with Gasteiger partial charge in [0, 0.05) is 17.5 Å². The summed E-state index contributed by atoms with van der Waals surface area (Å²) >= 11 is 1.37. The molecule has 0 atom stereocenters. The quantitative estimate of drug-likeness (QED) is 0.920. The molecule has 0 fully saturated rings. The highest BCUT2D eigenvalue weighted by molar-refractivity contribution is 7.13. The van der Waals surface area contributed by atoms with Gasteiger partial charge in [0.15, 0.2) is 0 Å². The third kappa shape index (κ3) is 3.57. The maximum atomic E-state index is 11.9. The monoisotopic (exact) mass is 262 g/mol. The third-order valence-corrected chi connectivity index (χ3v) is 2.89. The van der Waals surface area contributed by atoms with Crippen LogP contribution in [-0.4, -0.2) is 17.7 Å². The minimum absolute atomic E-state index is 0.105. The van der Waals surface area contributed by atoms with Gasteiger partial charge in [0.1, 0.15) is 11.3 Å². The highest BCUT2D eigenvalue weighted by atomic mass is 32.1. The number of alkyl halides is 3. The Hall–Kier alpha value is -1.34. The van der Waals surface area contributed by atoms with Gasteiger partial charge in [-0.1, -0.05) is 0 Å². The Kier molecular flexibility index (Phi) is 3.49. The zero-order valence-corrected chi connectivity index (χ0v) is 9.44. The molecule has 1 N–H and O–H groups in total. The maximum Gasteiger partial charge on any atom is 0.401 e. The lowest BCUT2D eigenvalue weighted by atomic mass is 10.3. The van der Waals surface area contributed by atoms with E-state index >= 15 is 0 Å². The molecule has 0 bridgehead atoms. The minimum atomic E-state index is -4.19. The van der Waals surface area contributed by atoms with Crippen molar-refractivity contribution < 1.29 is 17.6 Å². The molecule has 0 aromatic carbocycles. The second-order valence-electron chi connectivity index (χ2n) is 3.37. The number of hydrogen-bond acceptors (Lipinski definition) is 4. The van der Waals surface area contributed by atoms with Crippen molar-refractivity contribution >= 4 is 11.3 Å². The normalized spacial score (nSPS) is 11.9. The molecule has 3 nitrogen and oxygen atoms in total. The van der Waals surface area contributed by atoms with E-state index in [4.69, 9.17) is 4.42 Å². The molecule has 2 aromatic heterocycles. The summed E-state index contributed by atoms with van der Waals surface area (Å²) in [5, 5.41) is 4.76. The van der Waals surface area contributed by atoms with Gasteiger partial charge in [-0.2, -0.15) is 13.2 Å². The van der Waals surface area contributed by atoms with Crippen molar-refractivity contribution in [3.63, 3.8) is 0 Å². The molecule has 2 heterocycles. The average Bonchev–Trinajstić information content (AvgIpc) is 2.83. The second-order valence-corrected chi connectivity index (χ2v) is 4.23. The molecule has 0 saturated heterocycles. The molecule has 0 aliphatic heterocycles. The van der Waals surface area contributed by atoms with Crippen LogP contribution in [0.1, 0.15) is 5.69 Å². The van der Waals surface area contributed by atoms with Gasteiger partial charge >= 0.3 is 6.18 Å². The summed E-state index contributed by atoms with van der Waals surface area (Å²) < 4.78 is 40.6. The van der Waals surface area contributed by atoms with Gasteiger partial charge in [-0.15, -0.1) is 11.3 Å². The van der Waals surface area contributed by atoms with E-state index in [2.05, 4.69) is 10.3 Å². The molecular weight excluding hydrogens is 253 g/mol. The molecular formula is C10H9F3N2OS. The number of thiazole rings is 1. The summed E-state index contributed by atoms with van der Waals surface area (Å²) in [7, 11) is 0. The Labute approximate surface area is 99.3 Å². The van der Waals surface area contributed by atoms with E-state index in [1.54, 1.807) is 17.7 Å². The number of nitrogens with zero attached hydrogens (tertiary/aromatic N) is 1. The first kappa shape index (κ1) is 12.1. The van der Waals surface area contributed by atoms with Crippen LogP contribution in [0.3, 0.4) is 0 Å². The van der Waals surface area contributed by atoms with E-state index in [1.807, 2.05) is 0 Å². The van der Waals surface area contributed by atoms with E-state index in [9.17, 15) is 13.2 Å². The zero-order valence-electron chi connectivity index (χ0n) is 8.62. The van der Waals surface area contributed by atoms with Crippen molar-refractivity contribution in [1.29, 1.82) is 0 Å². The van der Waals surface area contributed by atoms with Crippen LogP contribution in [0.5, 0.6) is 0 Å². The molecule has 0 unspecified atom stereocenters. The van der Waals surface area contributed by atoms with Crippen LogP contribution in [0, 0.1) is 0 Å². The lowest BCUT2D eigenvalue weighted by molar-refractivity contribution is -0.125. The zero-order chi connectivity index (χ0) is 12.3. The van der Waals surface area contributed by atoms with Crippen LogP contribution in [-0.2, 0) is 6.54 Å². The molecule has 0 aliphatic carbocycles. The van der Waals surface area contributed by atoms with Crippen molar-refractivity contribution in [3.05, 3.63) is 29.7 Å². The summed E-state index contributed by atoms with van der Waals surface area (Å²) in [6.45, 7) is -0.903. The number of nitrogens with one attached hydrogen (secondary N) is 1. The minimum Gasteiger partial charge on any atom is -0.472 e. The fourth-order valence-electron chi connectivity index (χ4n) is 1.24. The fraction of sp³-hybridized carbons (Fsp3) is 0.300. The van der Waals surface area contributed by atoms with Crippen LogP contribution >= 0.6 is 11.3 Å². The Bertz CT molecular complexity index is 464. The highest BCUT2D eigenvalue weighted by Crippen LogP contribution is 2.23. The molecule has 17 heavy (non-hydrogen) atoms. The van der Waals surface area contributed by atoms with Gasteiger partial charge in [-0.3, -0.25) is 0 Å². The summed E-state index contributed by atoms with van der Waals surface area (Å²) in [6.07, 6.45) is -1.12. The lowest BCUT2D eigenvalue weighted by Crippen LogP contribution is -2.28. The van der Waals surface area contributed by atoms with Crippen LogP contribution in [0.15, 0.2) is 28.4 Å². The number of halogens is 3. The van der Waals surface area contributed by atoms with E-state index in [0.29, 0.717) is 5.69 Å². The SMILES string of the molecule is FC(F)(F)CNCc1csc(-c2ccoc2)n1. The molecule has 0 amide bonds. The molecule has 0 saturated carbocycles. The topological polar surface area (TPSA) is 38.1 Å². The number of rotatable bonds is 4. The molecule has 7 heteroatoms. The molecule has 92 valence electrons. The van der Waals surface area contributed by atoms with Crippen molar-refractivity contribution in [3.8, 4) is 10.6 Å². The number of furan rings is 1. The van der Waals surface area contributed by atoms with Crippen LogP contribution in [0.25, 0.3) is 10.6 Å². The number of hydrogen-bond donors (Lipinski definition) is 1. The largest absolute Gasteiger partial charge is 0.472 e. The van der Waals surface area contributed by atoms with Crippen molar-refractivity contribution in [2.75, 3.05) is 6.54 Å². The van der Waals surface area contributed by atoms with Gasteiger partial charge in [0.2, 0.25) is 0 Å². The predicted octanol–water partition coefficient (Wildman–Crippen LogP) is 3.06. The average molecular weight is 262 g/mol. The van der Waals surface area contributed by atoms with Gasteiger partial charge in [0.25, 0.3) is 0 Å². The van der Waals surface area contributed by atoms with Crippen molar-refractivity contribution in [2.24, 2.45) is 0 Å². The summed E-state index contributed by atoms with van der Waals surface area (Å²) in [6, 6.07) is 1.76. The van der Waals surface area contributed by atoms with Gasteiger partial charge in [-0.25, -0.2) is 4.98 Å². The Morgan fingerprint density at radius 1 is 1.41 bits per heavy atom. The summed E-state index contributed by atoms with van der Waals surface area (Å²) in [5.41, 5.74) is 1.42. The first-order chi connectivity index (χ1) is 8.04. The predicted molar refractivity (Wildman–Crippen MR) is 57.6 cm³/mol. The highest BCUT2D eigenvalue weighted by Gasteiger charge is 2.26. The van der Waals surface area contributed by atoms with E-state index in [-0.39, 0.29) is 6.54 Å². The summed E-state index contributed by atoms with van der Waals surface area (Å²) in [4.78, 5) is 4.20. The maximum absolute atomic E-state index is 11.9. The van der Waals surface area contributed by atoms with E-state index < -0.39 is 12.7 Å². The van der Waals surface area contributed by atoms with Gasteiger partial charge < -0.3 is 9.73 Å². The van der Waals surface area contributed by atoms with Gasteiger partial charge in [0.05, 0.1) is 18.5 Å². The smallest absolute Gasteiger partial charge is 0.401 e. The third-order valence-electron chi connectivity index (χ3n) is 1.95. The molecule has 0 radical (unpaired) electrons. The Morgan fingerprint density at radius 3 is 2.88 bits per heavy atom. The first-order valence-electron chi connectivity index (χ1n) is 4.79. The van der Waals surface area contributed by atoms with Crippen molar-refractivity contribution in [1.82, 2.24) is 10.3 Å². The number of aromatic nitrogens is 1. The molecule has 2 aromatic rings.